The summed E-state index contributed by atoms with van der Waals surface area (Å²) >= 11 is 0. The summed E-state index contributed by atoms with van der Waals surface area (Å²) in [6.45, 7) is 2.20. The Bertz CT molecular complexity index is 284. The molecule has 1 aromatic rings. The largest absolute Gasteiger partial charge is 0.508 e. The quantitative estimate of drug-likeness (QED) is 0.429. The van der Waals surface area contributed by atoms with Gasteiger partial charge in [-0.2, -0.15) is 0 Å². The molecular formula is C12H19NO. The fraction of sp³-hybridized carbons (Fsp3) is 0.500. The molecule has 2 nitrogen and oxygen atoms in total. The monoisotopic (exact) mass is 193 g/mol. The van der Waals surface area contributed by atoms with Gasteiger partial charge in [0.25, 0.3) is 0 Å². The predicted octanol–water partition coefficient (Wildman–Crippen LogP) is 3.10. The van der Waals surface area contributed by atoms with Crippen LogP contribution in [-0.2, 0) is 6.42 Å². The van der Waals surface area contributed by atoms with Crippen LogP contribution in [0, 0.1) is 0 Å². The van der Waals surface area contributed by atoms with Crippen LogP contribution in [0.15, 0.2) is 18.2 Å². The van der Waals surface area contributed by atoms with Gasteiger partial charge in [-0.25, -0.2) is 0 Å². The van der Waals surface area contributed by atoms with Crippen LogP contribution in [-0.4, -0.2) is 5.11 Å². The fourth-order valence-electron chi connectivity index (χ4n) is 1.55. The summed E-state index contributed by atoms with van der Waals surface area (Å²) in [5.41, 5.74) is 7.65. The zero-order valence-corrected chi connectivity index (χ0v) is 8.79. The summed E-state index contributed by atoms with van der Waals surface area (Å²) < 4.78 is 0. The molecular weight excluding hydrogens is 174 g/mol. The number of phenols is 1. The molecule has 0 atom stereocenters. The van der Waals surface area contributed by atoms with E-state index in [4.69, 9.17) is 5.73 Å². The van der Waals surface area contributed by atoms with Gasteiger partial charge in [0.2, 0.25) is 0 Å². The third-order valence-corrected chi connectivity index (χ3v) is 2.43. The van der Waals surface area contributed by atoms with E-state index in [2.05, 4.69) is 6.92 Å². The molecule has 1 rings (SSSR count). The van der Waals surface area contributed by atoms with E-state index in [9.17, 15) is 5.11 Å². The van der Waals surface area contributed by atoms with Crippen LogP contribution in [0.3, 0.4) is 0 Å². The SMILES string of the molecule is CCCCCCc1cc(O)ccc1N. The Morgan fingerprint density at radius 1 is 1.21 bits per heavy atom. The van der Waals surface area contributed by atoms with E-state index < -0.39 is 0 Å². The molecule has 1 aromatic carbocycles. The van der Waals surface area contributed by atoms with Gasteiger partial charge in [0, 0.05) is 5.69 Å². The molecule has 2 heteroatoms. The van der Waals surface area contributed by atoms with Gasteiger partial charge in [0.05, 0.1) is 0 Å². The molecule has 78 valence electrons. The molecule has 0 radical (unpaired) electrons. The van der Waals surface area contributed by atoms with Crippen molar-refractivity contribution in [1.82, 2.24) is 0 Å². The zero-order chi connectivity index (χ0) is 10.4. The molecule has 0 heterocycles. The van der Waals surface area contributed by atoms with E-state index in [0.29, 0.717) is 5.75 Å². The third-order valence-electron chi connectivity index (χ3n) is 2.43. The molecule has 3 N–H and O–H groups in total. The highest BCUT2D eigenvalue weighted by atomic mass is 16.3. The molecule has 0 aliphatic rings. The zero-order valence-electron chi connectivity index (χ0n) is 8.79. The Labute approximate surface area is 85.8 Å². The number of hydrogen-bond acceptors (Lipinski definition) is 2. The summed E-state index contributed by atoms with van der Waals surface area (Å²) in [6.07, 6.45) is 5.89. The number of aromatic hydroxyl groups is 1. The smallest absolute Gasteiger partial charge is 0.116 e. The Morgan fingerprint density at radius 3 is 2.71 bits per heavy atom. The van der Waals surface area contributed by atoms with Gasteiger partial charge in [0.15, 0.2) is 0 Å². The molecule has 0 aliphatic carbocycles. The first-order valence-electron chi connectivity index (χ1n) is 5.31. The Morgan fingerprint density at radius 2 is 2.00 bits per heavy atom. The first-order chi connectivity index (χ1) is 6.74. The first kappa shape index (κ1) is 10.9. The van der Waals surface area contributed by atoms with E-state index >= 15 is 0 Å². The molecule has 0 aromatic heterocycles. The molecule has 0 bridgehead atoms. The van der Waals surface area contributed by atoms with Crippen LogP contribution >= 0.6 is 0 Å². The number of benzene rings is 1. The highest BCUT2D eigenvalue weighted by Gasteiger charge is 2.00. The van der Waals surface area contributed by atoms with Crippen molar-refractivity contribution in [1.29, 1.82) is 0 Å². The van der Waals surface area contributed by atoms with Crippen molar-refractivity contribution in [3.63, 3.8) is 0 Å². The predicted molar refractivity (Wildman–Crippen MR) is 60.4 cm³/mol. The number of nitrogen functional groups attached to an aromatic ring is 1. The molecule has 0 amide bonds. The topological polar surface area (TPSA) is 46.2 Å². The number of unbranched alkanes of at least 4 members (excludes halogenated alkanes) is 3. The van der Waals surface area contributed by atoms with E-state index in [-0.39, 0.29) is 0 Å². The van der Waals surface area contributed by atoms with Crippen molar-refractivity contribution >= 4 is 5.69 Å². The van der Waals surface area contributed by atoms with Crippen LogP contribution in [0.4, 0.5) is 5.69 Å². The third kappa shape index (κ3) is 3.29. The van der Waals surface area contributed by atoms with Gasteiger partial charge < -0.3 is 10.8 Å². The van der Waals surface area contributed by atoms with Gasteiger partial charge in [-0.3, -0.25) is 0 Å². The Balaban J connectivity index is 2.45. The highest BCUT2D eigenvalue weighted by molar-refractivity contribution is 5.50. The number of anilines is 1. The van der Waals surface area contributed by atoms with Crippen molar-refractivity contribution in [2.24, 2.45) is 0 Å². The molecule has 14 heavy (non-hydrogen) atoms. The second kappa shape index (κ2) is 5.53. The van der Waals surface area contributed by atoms with Gasteiger partial charge in [-0.15, -0.1) is 0 Å². The highest BCUT2D eigenvalue weighted by Crippen LogP contribution is 2.20. The van der Waals surface area contributed by atoms with Crippen LogP contribution in [0.1, 0.15) is 38.2 Å². The summed E-state index contributed by atoms with van der Waals surface area (Å²) in [7, 11) is 0. The first-order valence-corrected chi connectivity index (χ1v) is 5.31. The fourth-order valence-corrected chi connectivity index (χ4v) is 1.55. The molecule has 0 aliphatic heterocycles. The van der Waals surface area contributed by atoms with Gasteiger partial charge in [0.1, 0.15) is 5.75 Å². The normalized spacial score (nSPS) is 10.4. The summed E-state index contributed by atoms with van der Waals surface area (Å²) in [6, 6.07) is 5.16. The lowest BCUT2D eigenvalue weighted by atomic mass is 10.0. The van der Waals surface area contributed by atoms with Crippen LogP contribution in [0.25, 0.3) is 0 Å². The van der Waals surface area contributed by atoms with Crippen molar-refractivity contribution in [3.05, 3.63) is 23.8 Å². The minimum Gasteiger partial charge on any atom is -0.508 e. The summed E-state index contributed by atoms with van der Waals surface area (Å²) in [4.78, 5) is 0. The van der Waals surface area contributed by atoms with Crippen molar-refractivity contribution in [3.8, 4) is 5.75 Å². The Hall–Kier alpha value is -1.18. The average Bonchev–Trinajstić information content (AvgIpc) is 2.18. The van der Waals surface area contributed by atoms with Crippen LogP contribution < -0.4 is 5.73 Å². The number of phenolic OH excluding ortho intramolecular Hbond substituents is 1. The minimum absolute atomic E-state index is 0.310. The van der Waals surface area contributed by atoms with Crippen molar-refractivity contribution < 1.29 is 5.11 Å². The lowest BCUT2D eigenvalue weighted by Crippen LogP contribution is -1.94. The van der Waals surface area contributed by atoms with Crippen LogP contribution in [0.2, 0.25) is 0 Å². The average molecular weight is 193 g/mol. The molecule has 0 spiro atoms. The van der Waals surface area contributed by atoms with E-state index in [1.807, 2.05) is 0 Å². The maximum atomic E-state index is 9.28. The molecule has 0 fully saturated rings. The standard InChI is InChI=1S/C12H19NO/c1-2-3-4-5-6-10-9-11(14)7-8-12(10)13/h7-9,14H,2-6,13H2,1H3. The van der Waals surface area contributed by atoms with Gasteiger partial charge in [-0.05, 0) is 36.6 Å². The second-order valence-corrected chi connectivity index (χ2v) is 3.69. The lowest BCUT2D eigenvalue weighted by Gasteiger charge is -2.05. The van der Waals surface area contributed by atoms with Gasteiger partial charge >= 0.3 is 0 Å². The molecule has 0 saturated carbocycles. The number of rotatable bonds is 5. The maximum Gasteiger partial charge on any atom is 0.116 e. The van der Waals surface area contributed by atoms with E-state index in [0.717, 1.165) is 24.1 Å². The van der Waals surface area contributed by atoms with Crippen molar-refractivity contribution in [2.45, 2.75) is 39.0 Å². The lowest BCUT2D eigenvalue weighted by molar-refractivity contribution is 0.474. The van der Waals surface area contributed by atoms with E-state index in [1.54, 1.807) is 18.2 Å². The summed E-state index contributed by atoms with van der Waals surface area (Å²) in [5.74, 6) is 0.310. The molecule has 0 saturated heterocycles. The second-order valence-electron chi connectivity index (χ2n) is 3.69. The van der Waals surface area contributed by atoms with Crippen molar-refractivity contribution in [2.75, 3.05) is 5.73 Å². The number of hydrogen-bond donors (Lipinski definition) is 2. The van der Waals surface area contributed by atoms with E-state index in [1.165, 1.54) is 19.3 Å². The number of aryl methyl sites for hydroxylation is 1. The molecule has 0 unspecified atom stereocenters. The Kier molecular flexibility index (Phi) is 4.30. The van der Waals surface area contributed by atoms with Gasteiger partial charge in [-0.1, -0.05) is 26.2 Å². The minimum atomic E-state index is 0.310. The summed E-state index contributed by atoms with van der Waals surface area (Å²) in [5, 5.41) is 9.28. The number of nitrogens with two attached hydrogens (primary N) is 1. The maximum absolute atomic E-state index is 9.28. The van der Waals surface area contributed by atoms with Crippen LogP contribution in [0.5, 0.6) is 5.75 Å².